The molecule has 0 aliphatic carbocycles. The summed E-state index contributed by atoms with van der Waals surface area (Å²) in [6, 6.07) is 0. The Morgan fingerprint density at radius 1 is 0.636 bits per heavy atom. The van der Waals surface area contributed by atoms with Crippen LogP contribution in [0.3, 0.4) is 0 Å². The van der Waals surface area contributed by atoms with Gasteiger partial charge in [0.05, 0.1) is 0 Å². The SMILES string of the molecule is O=C(CCP(CCC(=O)NCO)CCC(=O)NCO)NCO. The molecule has 6 N–H and O–H groups in total. The highest BCUT2D eigenvalue weighted by molar-refractivity contribution is 7.57. The zero-order chi connectivity index (χ0) is 16.8. The summed E-state index contributed by atoms with van der Waals surface area (Å²) < 4.78 is 0. The Kier molecular flexibility index (Phi) is 12.6. The predicted molar refractivity (Wildman–Crippen MR) is 81.1 cm³/mol. The number of hydrogen-bond donors (Lipinski definition) is 6. The number of carbonyl (C=O) groups excluding carboxylic acids is 3. The minimum atomic E-state index is -0.718. The van der Waals surface area contributed by atoms with E-state index in [1.807, 2.05) is 0 Å². The van der Waals surface area contributed by atoms with Gasteiger partial charge in [-0.3, -0.25) is 14.4 Å². The molecular formula is C12H24N3O6P. The van der Waals surface area contributed by atoms with E-state index in [0.29, 0.717) is 18.5 Å². The van der Waals surface area contributed by atoms with E-state index in [1.165, 1.54) is 0 Å². The average molecular weight is 337 g/mol. The second kappa shape index (κ2) is 13.4. The fraction of sp³-hybridized carbons (Fsp3) is 0.750. The largest absolute Gasteiger partial charge is 0.377 e. The monoisotopic (exact) mass is 337 g/mol. The van der Waals surface area contributed by atoms with E-state index in [1.54, 1.807) is 0 Å². The third-order valence-electron chi connectivity index (χ3n) is 2.79. The number of carbonyl (C=O) groups is 3. The Morgan fingerprint density at radius 2 is 0.909 bits per heavy atom. The number of nitrogens with one attached hydrogen (secondary N) is 3. The van der Waals surface area contributed by atoms with Crippen molar-refractivity contribution in [2.45, 2.75) is 19.3 Å². The van der Waals surface area contributed by atoms with E-state index >= 15 is 0 Å². The van der Waals surface area contributed by atoms with Crippen LogP contribution in [0.5, 0.6) is 0 Å². The number of amides is 3. The number of aliphatic hydroxyl groups excluding tert-OH is 3. The van der Waals surface area contributed by atoms with Crippen LogP contribution >= 0.6 is 7.92 Å². The second-order valence-electron chi connectivity index (χ2n) is 4.37. The molecule has 0 atom stereocenters. The third-order valence-corrected chi connectivity index (χ3v) is 5.36. The zero-order valence-corrected chi connectivity index (χ0v) is 13.3. The van der Waals surface area contributed by atoms with Crippen molar-refractivity contribution < 1.29 is 29.7 Å². The molecule has 0 rings (SSSR count). The maximum Gasteiger partial charge on any atom is 0.222 e. The van der Waals surface area contributed by atoms with Gasteiger partial charge in [0.25, 0.3) is 0 Å². The molecule has 0 heterocycles. The Bertz CT molecular complexity index is 303. The summed E-state index contributed by atoms with van der Waals surface area (Å²) in [6.07, 6.45) is 2.28. The fourth-order valence-electron chi connectivity index (χ4n) is 1.64. The molecule has 22 heavy (non-hydrogen) atoms. The lowest BCUT2D eigenvalue weighted by molar-refractivity contribution is -0.122. The van der Waals surface area contributed by atoms with Gasteiger partial charge in [-0.15, -0.1) is 7.92 Å². The Morgan fingerprint density at radius 3 is 1.14 bits per heavy atom. The summed E-state index contributed by atoms with van der Waals surface area (Å²) in [5.74, 6) is -0.848. The van der Waals surface area contributed by atoms with Crippen molar-refractivity contribution in [1.29, 1.82) is 0 Å². The first-order valence-corrected chi connectivity index (χ1v) is 8.78. The highest BCUT2D eigenvalue weighted by Crippen LogP contribution is 2.37. The van der Waals surface area contributed by atoms with Crippen LogP contribution in [0.4, 0.5) is 0 Å². The summed E-state index contributed by atoms with van der Waals surface area (Å²) >= 11 is 0. The lowest BCUT2D eigenvalue weighted by atomic mass is 10.4. The first-order chi connectivity index (χ1) is 10.5. The van der Waals surface area contributed by atoms with Crippen molar-refractivity contribution in [2.24, 2.45) is 0 Å². The number of rotatable bonds is 12. The van der Waals surface area contributed by atoms with E-state index < -0.39 is 28.1 Å². The van der Waals surface area contributed by atoms with Gasteiger partial charge in [0, 0.05) is 19.3 Å². The van der Waals surface area contributed by atoms with Crippen molar-refractivity contribution >= 4 is 25.6 Å². The normalized spacial score (nSPS) is 10.4. The standard InChI is InChI=1S/C12H24N3O6P/c16-7-13-10(19)1-4-22(5-2-11(20)14-8-17)6-3-12(21)15-9-18/h16-18H,1-9H2,(H,13,19)(H,14,20)(H,15,21). The second-order valence-corrected chi connectivity index (χ2v) is 7.05. The maximum absolute atomic E-state index is 11.3. The molecule has 0 aliphatic heterocycles. The lowest BCUT2D eigenvalue weighted by Crippen LogP contribution is -2.27. The van der Waals surface area contributed by atoms with Crippen LogP contribution in [0.25, 0.3) is 0 Å². The van der Waals surface area contributed by atoms with Gasteiger partial charge in [0.2, 0.25) is 17.7 Å². The molecule has 10 heteroatoms. The van der Waals surface area contributed by atoms with E-state index in [-0.39, 0.29) is 37.0 Å². The van der Waals surface area contributed by atoms with Gasteiger partial charge in [0.1, 0.15) is 20.2 Å². The first kappa shape index (κ1) is 20.7. The summed E-state index contributed by atoms with van der Waals surface area (Å²) in [5.41, 5.74) is 0. The van der Waals surface area contributed by atoms with Crippen LogP contribution < -0.4 is 16.0 Å². The van der Waals surface area contributed by atoms with E-state index in [4.69, 9.17) is 15.3 Å². The molecule has 0 fully saturated rings. The summed E-state index contributed by atoms with van der Waals surface area (Å²) in [5, 5.41) is 32.6. The maximum atomic E-state index is 11.3. The third kappa shape index (κ3) is 11.4. The quantitative estimate of drug-likeness (QED) is 0.176. The van der Waals surface area contributed by atoms with Gasteiger partial charge in [-0.05, 0) is 18.5 Å². The van der Waals surface area contributed by atoms with Gasteiger partial charge in [-0.2, -0.15) is 0 Å². The highest BCUT2D eigenvalue weighted by atomic mass is 31.1. The lowest BCUT2D eigenvalue weighted by Gasteiger charge is -2.17. The smallest absolute Gasteiger partial charge is 0.222 e. The van der Waals surface area contributed by atoms with Crippen molar-refractivity contribution in [3.05, 3.63) is 0 Å². The summed E-state index contributed by atoms with van der Waals surface area (Å²) in [7, 11) is -0.718. The van der Waals surface area contributed by atoms with Gasteiger partial charge >= 0.3 is 0 Å². The molecule has 0 aliphatic rings. The minimum Gasteiger partial charge on any atom is -0.377 e. The molecule has 0 aromatic heterocycles. The molecule has 0 bridgehead atoms. The molecule has 0 radical (unpaired) electrons. The van der Waals surface area contributed by atoms with Crippen molar-refractivity contribution in [1.82, 2.24) is 16.0 Å². The molecular weight excluding hydrogens is 313 g/mol. The summed E-state index contributed by atoms with van der Waals surface area (Å²) in [6.45, 7) is -1.27. The van der Waals surface area contributed by atoms with Crippen LogP contribution in [-0.4, -0.2) is 71.7 Å². The van der Waals surface area contributed by atoms with Crippen LogP contribution in [0.2, 0.25) is 0 Å². The van der Waals surface area contributed by atoms with Gasteiger partial charge < -0.3 is 31.3 Å². The molecule has 3 amide bonds. The molecule has 0 unspecified atom stereocenters. The van der Waals surface area contributed by atoms with Gasteiger partial charge in [0.15, 0.2) is 0 Å². The van der Waals surface area contributed by atoms with Gasteiger partial charge in [-0.25, -0.2) is 0 Å². The average Bonchev–Trinajstić information content (AvgIpc) is 2.47. The van der Waals surface area contributed by atoms with Crippen molar-refractivity contribution in [3.8, 4) is 0 Å². The van der Waals surface area contributed by atoms with Crippen molar-refractivity contribution in [2.75, 3.05) is 38.7 Å². The Balaban J connectivity index is 4.26. The van der Waals surface area contributed by atoms with Crippen LogP contribution in [0, 0.1) is 0 Å². The first-order valence-electron chi connectivity index (χ1n) is 6.88. The molecule has 0 aromatic carbocycles. The van der Waals surface area contributed by atoms with Crippen molar-refractivity contribution in [3.63, 3.8) is 0 Å². The van der Waals surface area contributed by atoms with Gasteiger partial charge in [-0.1, -0.05) is 0 Å². The molecule has 0 saturated heterocycles. The zero-order valence-electron chi connectivity index (χ0n) is 12.4. The van der Waals surface area contributed by atoms with Crippen LogP contribution in [-0.2, 0) is 14.4 Å². The molecule has 0 saturated carbocycles. The van der Waals surface area contributed by atoms with E-state index in [2.05, 4.69) is 16.0 Å². The Labute approximate surface area is 130 Å². The number of hydrogen-bond acceptors (Lipinski definition) is 6. The Hall–Kier alpha value is -1.28. The minimum absolute atomic E-state index is 0.218. The predicted octanol–water partition coefficient (Wildman–Crippen LogP) is -2.16. The molecule has 0 aromatic rings. The van der Waals surface area contributed by atoms with E-state index in [9.17, 15) is 14.4 Å². The molecule has 9 nitrogen and oxygen atoms in total. The molecule has 0 spiro atoms. The summed E-state index contributed by atoms with van der Waals surface area (Å²) in [4.78, 5) is 34.0. The fourth-order valence-corrected chi connectivity index (χ4v) is 3.87. The van der Waals surface area contributed by atoms with E-state index in [0.717, 1.165) is 0 Å². The highest BCUT2D eigenvalue weighted by Gasteiger charge is 2.14. The van der Waals surface area contributed by atoms with Crippen LogP contribution in [0.1, 0.15) is 19.3 Å². The number of aliphatic hydroxyl groups is 3. The molecule has 128 valence electrons. The van der Waals surface area contributed by atoms with Crippen LogP contribution in [0.15, 0.2) is 0 Å². The topological polar surface area (TPSA) is 148 Å².